The smallest absolute Gasteiger partial charge is 0.387 e. The minimum absolute atomic E-state index is 0.0769. The first kappa shape index (κ1) is 20.5. The molecule has 9 heteroatoms. The Hall–Kier alpha value is -2.26. The highest BCUT2D eigenvalue weighted by Crippen LogP contribution is 2.24. The third kappa shape index (κ3) is 4.77. The number of aliphatic hydroxyl groups is 1. The van der Waals surface area contributed by atoms with Gasteiger partial charge in [-0.1, -0.05) is 12.1 Å². The Morgan fingerprint density at radius 1 is 1.36 bits per heavy atom. The highest BCUT2D eigenvalue weighted by molar-refractivity contribution is 6.06. The zero-order chi connectivity index (χ0) is 20.3. The Labute approximate surface area is 162 Å². The molecule has 3 N–H and O–H groups in total. The minimum atomic E-state index is -2.87. The van der Waals surface area contributed by atoms with Crippen molar-refractivity contribution in [3.8, 4) is 5.75 Å². The van der Waals surface area contributed by atoms with Crippen molar-refractivity contribution >= 4 is 11.9 Å². The molecule has 1 unspecified atom stereocenters. The quantitative estimate of drug-likeness (QED) is 0.585. The number of quaternary nitrogens is 1. The van der Waals surface area contributed by atoms with E-state index in [1.807, 2.05) is 0 Å². The number of carbonyl (C=O) groups is 2. The summed E-state index contributed by atoms with van der Waals surface area (Å²) in [6.07, 6.45) is 2.11. The molecule has 3 rings (SSSR count). The number of hydrogen-bond acceptors (Lipinski definition) is 4. The first-order chi connectivity index (χ1) is 13.3. The number of nitrogens with one attached hydrogen (secondary N) is 2. The highest BCUT2D eigenvalue weighted by Gasteiger charge is 2.48. The molecule has 0 spiro atoms. The number of alkyl halides is 2. The molecule has 3 atom stereocenters. The molecule has 0 aromatic heterocycles. The number of likely N-dealkylation sites (tertiary alicyclic amines) is 1. The van der Waals surface area contributed by atoms with Crippen molar-refractivity contribution in [1.82, 2.24) is 10.2 Å². The molecule has 154 valence electrons. The maximum atomic E-state index is 12.9. The van der Waals surface area contributed by atoms with Crippen LogP contribution in [0.3, 0.4) is 0 Å². The lowest BCUT2D eigenvalue weighted by Crippen LogP contribution is -3.15. The fourth-order valence-corrected chi connectivity index (χ4v) is 3.78. The van der Waals surface area contributed by atoms with Gasteiger partial charge in [0.15, 0.2) is 6.67 Å². The summed E-state index contributed by atoms with van der Waals surface area (Å²) in [5, 5.41) is 12.6. The van der Waals surface area contributed by atoms with Crippen molar-refractivity contribution in [2.45, 2.75) is 50.9 Å². The van der Waals surface area contributed by atoms with Crippen LogP contribution in [-0.4, -0.2) is 60.0 Å². The SMILES string of the molecule is C[C@]1(CCc2ccc(OC(F)F)cc2)NC(=O)N(C[NH+]2CCC[C@H](O)C2)C1=O. The molecule has 2 heterocycles. The van der Waals surface area contributed by atoms with E-state index in [1.54, 1.807) is 19.1 Å². The number of carbonyl (C=O) groups excluding carboxylic acids is 2. The van der Waals surface area contributed by atoms with E-state index in [0.29, 0.717) is 19.4 Å². The Kier molecular flexibility index (Phi) is 6.14. The fraction of sp³-hybridized carbons (Fsp3) is 0.579. The lowest BCUT2D eigenvalue weighted by molar-refractivity contribution is -0.915. The monoisotopic (exact) mass is 398 g/mol. The predicted octanol–water partition coefficient (Wildman–Crippen LogP) is 0.528. The second-order valence-corrected chi connectivity index (χ2v) is 7.68. The summed E-state index contributed by atoms with van der Waals surface area (Å²) in [5.41, 5.74) is -0.156. The zero-order valence-electron chi connectivity index (χ0n) is 15.8. The van der Waals surface area contributed by atoms with Crippen LogP contribution in [0.4, 0.5) is 13.6 Å². The van der Waals surface area contributed by atoms with Crippen molar-refractivity contribution in [3.63, 3.8) is 0 Å². The van der Waals surface area contributed by atoms with Gasteiger partial charge in [-0.15, -0.1) is 0 Å². The number of aryl methyl sites for hydroxylation is 1. The maximum Gasteiger partial charge on any atom is 0.387 e. The van der Waals surface area contributed by atoms with E-state index in [9.17, 15) is 23.5 Å². The normalized spacial score (nSPS) is 28.0. The van der Waals surface area contributed by atoms with Crippen LogP contribution >= 0.6 is 0 Å². The van der Waals surface area contributed by atoms with Crippen LogP contribution in [0.2, 0.25) is 0 Å². The summed E-state index contributed by atoms with van der Waals surface area (Å²) < 4.78 is 28.7. The largest absolute Gasteiger partial charge is 0.435 e. The molecule has 2 aliphatic rings. The molecule has 7 nitrogen and oxygen atoms in total. The molecule has 0 bridgehead atoms. The van der Waals surface area contributed by atoms with Gasteiger partial charge in [0.05, 0.1) is 6.54 Å². The summed E-state index contributed by atoms with van der Waals surface area (Å²) in [4.78, 5) is 27.4. The third-order valence-electron chi connectivity index (χ3n) is 5.38. The molecule has 3 amide bonds. The second kappa shape index (κ2) is 8.40. The molecular formula is C19H26F2N3O4+. The van der Waals surface area contributed by atoms with Gasteiger partial charge >= 0.3 is 12.6 Å². The van der Waals surface area contributed by atoms with E-state index in [1.165, 1.54) is 17.0 Å². The van der Waals surface area contributed by atoms with Gasteiger partial charge in [0.1, 0.15) is 23.9 Å². The van der Waals surface area contributed by atoms with Crippen LogP contribution in [-0.2, 0) is 11.2 Å². The van der Waals surface area contributed by atoms with E-state index in [2.05, 4.69) is 10.1 Å². The summed E-state index contributed by atoms with van der Waals surface area (Å²) in [5.74, 6) is -0.198. The summed E-state index contributed by atoms with van der Waals surface area (Å²) >= 11 is 0. The van der Waals surface area contributed by atoms with Gasteiger partial charge < -0.3 is 20.1 Å². The summed E-state index contributed by atoms with van der Waals surface area (Å²) in [7, 11) is 0. The molecule has 28 heavy (non-hydrogen) atoms. The number of nitrogens with zero attached hydrogens (tertiary/aromatic N) is 1. The lowest BCUT2D eigenvalue weighted by Gasteiger charge is -2.29. The van der Waals surface area contributed by atoms with E-state index in [0.717, 1.165) is 29.8 Å². The molecule has 1 aromatic carbocycles. The van der Waals surface area contributed by atoms with Gasteiger partial charge in [-0.3, -0.25) is 4.79 Å². The number of rotatable bonds is 7. The molecule has 0 aliphatic carbocycles. The number of ether oxygens (including phenoxy) is 1. The van der Waals surface area contributed by atoms with Gasteiger partial charge in [0.2, 0.25) is 0 Å². The third-order valence-corrected chi connectivity index (χ3v) is 5.38. The van der Waals surface area contributed by atoms with Crippen LogP contribution in [0.1, 0.15) is 31.7 Å². The number of amides is 3. The molecule has 0 radical (unpaired) electrons. The summed E-state index contributed by atoms with van der Waals surface area (Å²) in [6, 6.07) is 5.83. The summed E-state index contributed by atoms with van der Waals surface area (Å²) in [6.45, 7) is 0.419. The number of benzene rings is 1. The number of piperidine rings is 1. The van der Waals surface area contributed by atoms with Gasteiger partial charge in [-0.25, -0.2) is 9.69 Å². The number of halogens is 2. The standard InChI is InChI=1S/C19H25F2N3O4/c1-19(9-8-13-4-6-15(7-5-13)28-17(20)21)16(26)24(18(27)22-19)12-23-10-2-3-14(25)11-23/h4-7,14,17,25H,2-3,8-12H2,1H3,(H,22,27)/p+1/t14-,19+/m0/s1. The van der Waals surface area contributed by atoms with Gasteiger partial charge in [0, 0.05) is 0 Å². The van der Waals surface area contributed by atoms with Crippen LogP contribution in [0.25, 0.3) is 0 Å². The van der Waals surface area contributed by atoms with Crippen molar-refractivity contribution in [2.24, 2.45) is 0 Å². The van der Waals surface area contributed by atoms with E-state index in [4.69, 9.17) is 0 Å². The molecule has 0 saturated carbocycles. The average Bonchev–Trinajstić information content (AvgIpc) is 2.84. The van der Waals surface area contributed by atoms with Gasteiger partial charge in [-0.2, -0.15) is 8.78 Å². The number of hydrogen-bond donors (Lipinski definition) is 3. The minimum Gasteiger partial charge on any atom is -0.435 e. The first-order valence-corrected chi connectivity index (χ1v) is 9.46. The first-order valence-electron chi connectivity index (χ1n) is 9.46. The lowest BCUT2D eigenvalue weighted by atomic mass is 9.93. The molecule has 2 fully saturated rings. The van der Waals surface area contributed by atoms with Crippen LogP contribution < -0.4 is 15.0 Å². The Morgan fingerprint density at radius 3 is 2.71 bits per heavy atom. The molecule has 2 saturated heterocycles. The second-order valence-electron chi connectivity index (χ2n) is 7.68. The highest BCUT2D eigenvalue weighted by atomic mass is 19.3. The molecular weight excluding hydrogens is 372 g/mol. The number of imide groups is 1. The van der Waals surface area contributed by atoms with Crippen LogP contribution in [0.15, 0.2) is 24.3 Å². The van der Waals surface area contributed by atoms with Gasteiger partial charge in [0.25, 0.3) is 5.91 Å². The molecule has 1 aromatic rings. The van der Waals surface area contributed by atoms with E-state index >= 15 is 0 Å². The Bertz CT molecular complexity index is 716. The van der Waals surface area contributed by atoms with Crippen LogP contribution in [0, 0.1) is 0 Å². The topological polar surface area (TPSA) is 83.3 Å². The maximum absolute atomic E-state index is 12.9. The Balaban J connectivity index is 1.57. The Morgan fingerprint density at radius 2 is 2.07 bits per heavy atom. The van der Waals surface area contributed by atoms with E-state index in [-0.39, 0.29) is 18.3 Å². The number of aliphatic hydroxyl groups excluding tert-OH is 1. The van der Waals surface area contributed by atoms with E-state index < -0.39 is 24.3 Å². The van der Waals surface area contributed by atoms with Crippen molar-refractivity contribution in [1.29, 1.82) is 0 Å². The van der Waals surface area contributed by atoms with Crippen molar-refractivity contribution in [3.05, 3.63) is 29.8 Å². The molecule has 2 aliphatic heterocycles. The zero-order valence-corrected chi connectivity index (χ0v) is 15.8. The fourth-order valence-electron chi connectivity index (χ4n) is 3.78. The van der Waals surface area contributed by atoms with Crippen molar-refractivity contribution < 1.29 is 33.1 Å². The van der Waals surface area contributed by atoms with Gasteiger partial charge in [-0.05, 0) is 50.3 Å². The average molecular weight is 398 g/mol. The van der Waals surface area contributed by atoms with Crippen molar-refractivity contribution in [2.75, 3.05) is 19.8 Å². The predicted molar refractivity (Wildman–Crippen MR) is 96.0 cm³/mol. The van der Waals surface area contributed by atoms with Crippen LogP contribution in [0.5, 0.6) is 5.75 Å². The number of urea groups is 1.